The van der Waals surface area contributed by atoms with Gasteiger partial charge in [0.2, 0.25) is 5.95 Å². The first-order valence-electron chi connectivity index (χ1n) is 8.82. The van der Waals surface area contributed by atoms with Crippen LogP contribution < -0.4 is 15.4 Å². The van der Waals surface area contributed by atoms with Crippen molar-refractivity contribution in [3.63, 3.8) is 0 Å². The van der Waals surface area contributed by atoms with Crippen LogP contribution in [0, 0.1) is 6.92 Å². The van der Waals surface area contributed by atoms with Gasteiger partial charge >= 0.3 is 0 Å². The number of carbonyl (C=O) groups excluding carboxylic acids is 1. The highest BCUT2D eigenvalue weighted by atomic mass is 35.5. The molecule has 0 aliphatic rings. The van der Waals surface area contributed by atoms with E-state index in [-0.39, 0.29) is 11.6 Å². The summed E-state index contributed by atoms with van der Waals surface area (Å²) in [6.45, 7) is 2.54. The van der Waals surface area contributed by atoms with Gasteiger partial charge in [0, 0.05) is 23.5 Å². The molecule has 0 bridgehead atoms. The standard InChI is InChI=1S/C21H21ClN4O2/c1-14-3-6-16(22)13-19(14)25-20(27)18-10-12-24-21(26-18)23-11-9-15-4-7-17(28-2)8-5-15/h3-8,10,12-13H,9,11H2,1-2H3,(H,25,27)(H,23,24,26). The predicted molar refractivity (Wildman–Crippen MR) is 111 cm³/mol. The quantitative estimate of drug-likeness (QED) is 0.620. The number of halogens is 1. The lowest BCUT2D eigenvalue weighted by atomic mass is 10.1. The molecule has 1 heterocycles. The molecule has 0 saturated carbocycles. The van der Waals surface area contributed by atoms with Gasteiger partial charge in [0.25, 0.3) is 5.91 Å². The highest BCUT2D eigenvalue weighted by Crippen LogP contribution is 2.20. The van der Waals surface area contributed by atoms with Crippen LogP contribution in [0.5, 0.6) is 5.75 Å². The summed E-state index contributed by atoms with van der Waals surface area (Å²) in [5, 5.41) is 6.54. The number of nitrogens with zero attached hydrogens (tertiary/aromatic N) is 2. The van der Waals surface area contributed by atoms with Crippen molar-refractivity contribution in [2.24, 2.45) is 0 Å². The summed E-state index contributed by atoms with van der Waals surface area (Å²) in [5.41, 5.74) is 3.02. The number of hydrogen-bond donors (Lipinski definition) is 2. The molecule has 28 heavy (non-hydrogen) atoms. The van der Waals surface area contributed by atoms with Gasteiger partial charge in [-0.3, -0.25) is 4.79 Å². The lowest BCUT2D eigenvalue weighted by molar-refractivity contribution is 0.102. The van der Waals surface area contributed by atoms with Gasteiger partial charge in [-0.2, -0.15) is 0 Å². The summed E-state index contributed by atoms with van der Waals surface area (Å²) in [7, 11) is 1.64. The second-order valence-corrected chi connectivity index (χ2v) is 6.64. The first-order valence-corrected chi connectivity index (χ1v) is 9.20. The Bertz CT molecular complexity index is 961. The van der Waals surface area contributed by atoms with E-state index in [0.29, 0.717) is 23.2 Å². The Morgan fingerprint density at radius 3 is 2.68 bits per heavy atom. The van der Waals surface area contributed by atoms with Crippen LogP contribution in [-0.2, 0) is 6.42 Å². The largest absolute Gasteiger partial charge is 0.497 e. The normalized spacial score (nSPS) is 10.4. The molecule has 1 amide bonds. The van der Waals surface area contributed by atoms with Crippen molar-refractivity contribution in [2.45, 2.75) is 13.3 Å². The fraction of sp³-hybridized carbons (Fsp3) is 0.190. The van der Waals surface area contributed by atoms with E-state index < -0.39 is 0 Å². The number of hydrogen-bond acceptors (Lipinski definition) is 5. The highest BCUT2D eigenvalue weighted by Gasteiger charge is 2.11. The Morgan fingerprint density at radius 2 is 1.93 bits per heavy atom. The molecule has 0 unspecified atom stereocenters. The van der Waals surface area contributed by atoms with Crippen LogP contribution in [0.1, 0.15) is 21.6 Å². The fourth-order valence-electron chi connectivity index (χ4n) is 2.60. The van der Waals surface area contributed by atoms with Gasteiger partial charge in [0.05, 0.1) is 7.11 Å². The fourth-order valence-corrected chi connectivity index (χ4v) is 2.77. The minimum absolute atomic E-state index is 0.279. The van der Waals surface area contributed by atoms with E-state index >= 15 is 0 Å². The third kappa shape index (κ3) is 5.20. The molecule has 7 heteroatoms. The Balaban J connectivity index is 1.59. The maximum Gasteiger partial charge on any atom is 0.274 e. The second-order valence-electron chi connectivity index (χ2n) is 6.20. The van der Waals surface area contributed by atoms with Crippen molar-refractivity contribution in [3.8, 4) is 5.75 Å². The molecule has 0 atom stereocenters. The third-order valence-corrected chi connectivity index (χ3v) is 4.43. The summed E-state index contributed by atoms with van der Waals surface area (Å²) in [6, 6.07) is 14.8. The van der Waals surface area contributed by atoms with E-state index in [1.54, 1.807) is 31.5 Å². The highest BCUT2D eigenvalue weighted by molar-refractivity contribution is 6.31. The van der Waals surface area contributed by atoms with Gasteiger partial charge in [-0.25, -0.2) is 9.97 Å². The smallest absolute Gasteiger partial charge is 0.274 e. The van der Waals surface area contributed by atoms with Crippen LogP contribution >= 0.6 is 11.6 Å². The monoisotopic (exact) mass is 396 g/mol. The molecule has 6 nitrogen and oxygen atoms in total. The second kappa shape index (κ2) is 9.19. The van der Waals surface area contributed by atoms with E-state index in [1.165, 1.54) is 5.56 Å². The SMILES string of the molecule is COc1ccc(CCNc2nccc(C(=O)Nc3cc(Cl)ccc3C)n2)cc1. The molecule has 2 N–H and O–H groups in total. The van der Waals surface area contributed by atoms with Crippen LogP contribution in [0.15, 0.2) is 54.7 Å². The minimum Gasteiger partial charge on any atom is -0.497 e. The summed E-state index contributed by atoms with van der Waals surface area (Å²) in [4.78, 5) is 21.0. The lowest BCUT2D eigenvalue weighted by Gasteiger charge is -2.10. The van der Waals surface area contributed by atoms with Crippen LogP contribution in [0.25, 0.3) is 0 Å². The van der Waals surface area contributed by atoms with Gasteiger partial charge in [0.15, 0.2) is 0 Å². The molecule has 0 aliphatic carbocycles. The maximum atomic E-state index is 12.5. The molecule has 1 aromatic heterocycles. The van der Waals surface area contributed by atoms with Crippen LogP contribution in [-0.4, -0.2) is 29.5 Å². The van der Waals surface area contributed by atoms with E-state index in [9.17, 15) is 4.79 Å². The van der Waals surface area contributed by atoms with E-state index in [1.807, 2.05) is 37.3 Å². The molecule has 144 valence electrons. The number of ether oxygens (including phenoxy) is 1. The van der Waals surface area contributed by atoms with Gasteiger partial charge in [-0.1, -0.05) is 29.8 Å². The third-order valence-electron chi connectivity index (χ3n) is 4.19. The Labute approximate surface area is 168 Å². The number of aromatic nitrogens is 2. The van der Waals surface area contributed by atoms with Crippen molar-refractivity contribution in [2.75, 3.05) is 24.3 Å². The number of carbonyl (C=O) groups is 1. The molecule has 0 radical (unpaired) electrons. The van der Waals surface area contributed by atoms with E-state index in [2.05, 4.69) is 20.6 Å². The van der Waals surface area contributed by atoms with E-state index in [0.717, 1.165) is 17.7 Å². The Hall–Kier alpha value is -3.12. The lowest BCUT2D eigenvalue weighted by Crippen LogP contribution is -2.16. The van der Waals surface area contributed by atoms with Crippen molar-refractivity contribution in [3.05, 3.63) is 76.6 Å². The first-order chi connectivity index (χ1) is 13.5. The van der Waals surface area contributed by atoms with E-state index in [4.69, 9.17) is 16.3 Å². The van der Waals surface area contributed by atoms with Crippen molar-refractivity contribution >= 4 is 29.1 Å². The topological polar surface area (TPSA) is 76.1 Å². The van der Waals surface area contributed by atoms with Crippen molar-refractivity contribution < 1.29 is 9.53 Å². The molecule has 0 saturated heterocycles. The Kier molecular flexibility index (Phi) is 6.45. The number of benzene rings is 2. The summed E-state index contributed by atoms with van der Waals surface area (Å²) in [5.74, 6) is 0.920. The number of aryl methyl sites for hydroxylation is 1. The first kappa shape index (κ1) is 19.6. The molecule has 0 fully saturated rings. The molecule has 0 aliphatic heterocycles. The zero-order valence-corrected chi connectivity index (χ0v) is 16.5. The van der Waals surface area contributed by atoms with Crippen LogP contribution in [0.4, 0.5) is 11.6 Å². The van der Waals surface area contributed by atoms with Gasteiger partial charge in [-0.05, 0) is 54.8 Å². The molecular formula is C21H21ClN4O2. The average molecular weight is 397 g/mol. The van der Waals surface area contributed by atoms with Crippen molar-refractivity contribution in [1.82, 2.24) is 9.97 Å². The summed E-state index contributed by atoms with van der Waals surface area (Å²) < 4.78 is 5.15. The maximum absolute atomic E-state index is 12.5. The summed E-state index contributed by atoms with van der Waals surface area (Å²) in [6.07, 6.45) is 2.36. The molecule has 2 aromatic carbocycles. The zero-order valence-electron chi connectivity index (χ0n) is 15.7. The number of rotatable bonds is 7. The average Bonchev–Trinajstić information content (AvgIpc) is 2.71. The molecular weight excluding hydrogens is 376 g/mol. The van der Waals surface area contributed by atoms with Gasteiger partial charge in [-0.15, -0.1) is 0 Å². The molecule has 3 aromatic rings. The van der Waals surface area contributed by atoms with Crippen molar-refractivity contribution in [1.29, 1.82) is 0 Å². The number of methoxy groups -OCH3 is 1. The van der Waals surface area contributed by atoms with Gasteiger partial charge < -0.3 is 15.4 Å². The number of anilines is 2. The van der Waals surface area contributed by atoms with Gasteiger partial charge in [0.1, 0.15) is 11.4 Å². The van der Waals surface area contributed by atoms with Crippen LogP contribution in [0.2, 0.25) is 5.02 Å². The summed E-state index contributed by atoms with van der Waals surface area (Å²) >= 11 is 6.00. The number of nitrogens with one attached hydrogen (secondary N) is 2. The minimum atomic E-state index is -0.314. The predicted octanol–water partition coefficient (Wildman–Crippen LogP) is 4.35. The number of amides is 1. The molecule has 3 rings (SSSR count). The zero-order chi connectivity index (χ0) is 19.9. The van der Waals surface area contributed by atoms with Crippen LogP contribution in [0.3, 0.4) is 0 Å². The molecule has 0 spiro atoms. The Morgan fingerprint density at radius 1 is 1.14 bits per heavy atom.